The van der Waals surface area contributed by atoms with E-state index in [2.05, 4.69) is 44.1 Å². The average Bonchev–Trinajstić information content (AvgIpc) is 2.98. The second-order valence-electron chi connectivity index (χ2n) is 6.15. The van der Waals surface area contributed by atoms with Crippen LogP contribution in [0.25, 0.3) is 0 Å². The van der Waals surface area contributed by atoms with E-state index in [9.17, 15) is 9.59 Å². The Morgan fingerprint density at radius 3 is 2.92 bits per heavy atom. The van der Waals surface area contributed by atoms with Gasteiger partial charge in [0.15, 0.2) is 6.61 Å². The minimum Gasteiger partial charge on any atom is -0.452 e. The van der Waals surface area contributed by atoms with Gasteiger partial charge in [0, 0.05) is 19.2 Å². The van der Waals surface area contributed by atoms with Crippen LogP contribution in [0.5, 0.6) is 0 Å². The second kappa shape index (κ2) is 8.01. The van der Waals surface area contributed by atoms with Gasteiger partial charge >= 0.3 is 5.97 Å². The topological polar surface area (TPSA) is 55.4 Å². The van der Waals surface area contributed by atoms with Crippen molar-refractivity contribution in [3.05, 3.63) is 48.5 Å². The van der Waals surface area contributed by atoms with Crippen molar-refractivity contribution < 1.29 is 14.3 Å². The van der Waals surface area contributed by atoms with E-state index in [1.807, 2.05) is 17.5 Å². The van der Waals surface area contributed by atoms with Crippen LogP contribution in [0.15, 0.2) is 32.5 Å². The van der Waals surface area contributed by atoms with E-state index in [1.54, 1.807) is 17.4 Å². The Bertz CT molecular complexity index is 819. The molecule has 1 aromatic heterocycles. The molecule has 0 spiro atoms. The van der Waals surface area contributed by atoms with Crippen molar-refractivity contribution >= 4 is 60.8 Å². The SMILES string of the molecule is C[C@H]1CCc2c(C(=O)OCC(=O)Nc3ccc(Br)cc3Br)csc2C1. The maximum atomic E-state index is 12.3. The third-order valence-electron chi connectivity index (χ3n) is 4.16. The summed E-state index contributed by atoms with van der Waals surface area (Å²) in [6.45, 7) is 1.92. The number of fused-ring (bicyclic) bond motifs is 1. The number of rotatable bonds is 4. The largest absolute Gasteiger partial charge is 0.452 e. The zero-order valence-corrected chi connectivity index (χ0v) is 17.6. The highest BCUT2D eigenvalue weighted by atomic mass is 79.9. The first kappa shape index (κ1) is 18.6. The van der Waals surface area contributed by atoms with E-state index in [0.29, 0.717) is 17.2 Å². The molecule has 132 valence electrons. The van der Waals surface area contributed by atoms with Crippen LogP contribution in [0, 0.1) is 5.92 Å². The molecule has 0 saturated carbocycles. The van der Waals surface area contributed by atoms with Crippen LogP contribution in [0.4, 0.5) is 5.69 Å². The highest BCUT2D eigenvalue weighted by Crippen LogP contribution is 2.33. The van der Waals surface area contributed by atoms with Crippen molar-refractivity contribution in [1.82, 2.24) is 0 Å². The summed E-state index contributed by atoms with van der Waals surface area (Å²) in [4.78, 5) is 25.6. The number of thiophene rings is 1. The van der Waals surface area contributed by atoms with E-state index < -0.39 is 5.97 Å². The fourth-order valence-corrected chi connectivity index (χ4v) is 5.21. The van der Waals surface area contributed by atoms with Crippen LogP contribution in [0.1, 0.15) is 34.1 Å². The van der Waals surface area contributed by atoms with E-state index in [-0.39, 0.29) is 12.5 Å². The molecule has 0 bridgehead atoms. The molecule has 4 nitrogen and oxygen atoms in total. The molecule has 1 heterocycles. The smallest absolute Gasteiger partial charge is 0.339 e. The molecule has 1 aliphatic rings. The molecular formula is C18H17Br2NO3S. The Morgan fingerprint density at radius 2 is 2.16 bits per heavy atom. The predicted octanol–water partition coefficient (Wildman–Crippen LogP) is 5.19. The van der Waals surface area contributed by atoms with Crippen LogP contribution < -0.4 is 5.32 Å². The van der Waals surface area contributed by atoms with Crippen LogP contribution in [-0.4, -0.2) is 18.5 Å². The summed E-state index contributed by atoms with van der Waals surface area (Å²) in [6, 6.07) is 5.43. The van der Waals surface area contributed by atoms with Gasteiger partial charge in [0.2, 0.25) is 0 Å². The fourth-order valence-electron chi connectivity index (χ4n) is 2.83. The summed E-state index contributed by atoms with van der Waals surface area (Å²) in [6.07, 6.45) is 3.01. The normalized spacial score (nSPS) is 16.2. The molecule has 1 N–H and O–H groups in total. The number of anilines is 1. The number of esters is 1. The van der Waals surface area contributed by atoms with Gasteiger partial charge in [-0.05, 0) is 64.9 Å². The number of hydrogen-bond acceptors (Lipinski definition) is 4. The van der Waals surface area contributed by atoms with E-state index in [4.69, 9.17) is 4.74 Å². The van der Waals surface area contributed by atoms with Gasteiger partial charge in [-0.1, -0.05) is 22.9 Å². The Morgan fingerprint density at radius 1 is 1.36 bits per heavy atom. The lowest BCUT2D eigenvalue weighted by molar-refractivity contribution is -0.119. The summed E-state index contributed by atoms with van der Waals surface area (Å²) in [5.41, 5.74) is 2.35. The first-order valence-corrected chi connectivity index (χ1v) is 10.4. The van der Waals surface area contributed by atoms with Crippen LogP contribution >= 0.6 is 43.2 Å². The second-order valence-corrected chi connectivity index (χ2v) is 8.88. The Labute approximate surface area is 167 Å². The molecule has 1 aliphatic carbocycles. The number of hydrogen-bond donors (Lipinski definition) is 1. The molecule has 1 aromatic carbocycles. The number of benzene rings is 1. The minimum absolute atomic E-state index is 0.303. The zero-order chi connectivity index (χ0) is 18.0. The van der Waals surface area contributed by atoms with Gasteiger partial charge in [0.25, 0.3) is 5.91 Å². The molecule has 0 aliphatic heterocycles. The third kappa shape index (κ3) is 4.51. The number of amides is 1. The zero-order valence-electron chi connectivity index (χ0n) is 13.6. The quantitative estimate of drug-likeness (QED) is 0.604. The summed E-state index contributed by atoms with van der Waals surface area (Å²) in [5, 5.41) is 4.58. The van der Waals surface area contributed by atoms with Gasteiger partial charge < -0.3 is 10.1 Å². The fraction of sp³-hybridized carbons (Fsp3) is 0.333. The first-order chi connectivity index (χ1) is 11.9. The van der Waals surface area contributed by atoms with Crippen molar-refractivity contribution in [2.24, 2.45) is 5.92 Å². The maximum Gasteiger partial charge on any atom is 0.339 e. The molecule has 2 aromatic rings. The van der Waals surface area contributed by atoms with Gasteiger partial charge in [0.1, 0.15) is 0 Å². The minimum atomic E-state index is -0.419. The molecule has 1 amide bonds. The lowest BCUT2D eigenvalue weighted by Crippen LogP contribution is -2.21. The summed E-state index contributed by atoms with van der Waals surface area (Å²) >= 11 is 8.35. The molecule has 7 heteroatoms. The van der Waals surface area contributed by atoms with Crippen molar-refractivity contribution in [3.8, 4) is 0 Å². The molecule has 1 atom stereocenters. The molecule has 0 fully saturated rings. The Kier molecular flexibility index (Phi) is 5.96. The van der Waals surface area contributed by atoms with Gasteiger partial charge in [-0.2, -0.15) is 0 Å². The van der Waals surface area contributed by atoms with Gasteiger partial charge in [-0.25, -0.2) is 4.79 Å². The van der Waals surface area contributed by atoms with Crippen molar-refractivity contribution in [2.75, 3.05) is 11.9 Å². The predicted molar refractivity (Wildman–Crippen MR) is 106 cm³/mol. The number of carbonyl (C=O) groups excluding carboxylic acids is 2. The van der Waals surface area contributed by atoms with Crippen molar-refractivity contribution in [1.29, 1.82) is 0 Å². The summed E-state index contributed by atoms with van der Waals surface area (Å²) in [7, 11) is 0. The lowest BCUT2D eigenvalue weighted by atomic mass is 9.88. The van der Waals surface area contributed by atoms with Gasteiger partial charge in [-0.3, -0.25) is 4.79 Å². The lowest BCUT2D eigenvalue weighted by Gasteiger charge is -2.18. The molecule has 0 radical (unpaired) electrons. The highest BCUT2D eigenvalue weighted by Gasteiger charge is 2.24. The van der Waals surface area contributed by atoms with Gasteiger partial charge in [0.05, 0.1) is 11.3 Å². The van der Waals surface area contributed by atoms with E-state index >= 15 is 0 Å². The van der Waals surface area contributed by atoms with Crippen LogP contribution in [0.2, 0.25) is 0 Å². The average molecular weight is 487 g/mol. The van der Waals surface area contributed by atoms with E-state index in [1.165, 1.54) is 4.88 Å². The third-order valence-corrected chi connectivity index (χ3v) is 6.36. The molecule has 0 unspecified atom stereocenters. The van der Waals surface area contributed by atoms with Gasteiger partial charge in [-0.15, -0.1) is 11.3 Å². The van der Waals surface area contributed by atoms with Crippen molar-refractivity contribution in [2.45, 2.75) is 26.2 Å². The van der Waals surface area contributed by atoms with Crippen LogP contribution in [-0.2, 0) is 22.4 Å². The monoisotopic (exact) mass is 485 g/mol. The summed E-state index contributed by atoms with van der Waals surface area (Å²) in [5.74, 6) is -0.128. The number of ether oxygens (including phenoxy) is 1. The molecule has 0 saturated heterocycles. The van der Waals surface area contributed by atoms with E-state index in [0.717, 1.165) is 33.8 Å². The number of halogens is 2. The standard InChI is InChI=1S/C18H17Br2NO3S/c1-10-2-4-12-13(9-25-16(12)6-10)18(23)24-8-17(22)21-15-5-3-11(19)7-14(15)20/h3,5,7,9-10H,2,4,6,8H2,1H3,(H,21,22)/t10-/m0/s1. The summed E-state index contributed by atoms with van der Waals surface area (Å²) < 4.78 is 6.86. The maximum absolute atomic E-state index is 12.3. The molecule has 25 heavy (non-hydrogen) atoms. The van der Waals surface area contributed by atoms with Crippen LogP contribution in [0.3, 0.4) is 0 Å². The molecular weight excluding hydrogens is 470 g/mol. The number of carbonyl (C=O) groups is 2. The Balaban J connectivity index is 1.58. The Hall–Kier alpha value is -1.18. The molecule has 3 rings (SSSR count). The number of nitrogens with one attached hydrogen (secondary N) is 1. The first-order valence-electron chi connectivity index (χ1n) is 7.95. The van der Waals surface area contributed by atoms with Crippen molar-refractivity contribution in [3.63, 3.8) is 0 Å². The highest BCUT2D eigenvalue weighted by molar-refractivity contribution is 9.11.